The SMILES string of the molecule is O=S(=O)([O-])c1ccc2cc(Nc3nc(Nc4ccccc4)nc(Nc4ccc5cc(SOO[O-])ccc5c4)n3)ccc2c1.[Na+].[Na+]. The molecule has 6 rings (SSSR count). The number of anilines is 6. The first kappa shape index (κ1) is 35.0. The topological polar surface area (TPSA) is 173 Å². The first-order valence-corrected chi connectivity index (χ1v) is 14.8. The van der Waals surface area contributed by atoms with Crippen LogP contribution in [0, 0.1) is 0 Å². The molecule has 3 N–H and O–H groups in total. The molecule has 0 amide bonds. The normalized spacial score (nSPS) is 11.0. The van der Waals surface area contributed by atoms with Crippen LogP contribution in [0.2, 0.25) is 0 Å². The van der Waals surface area contributed by atoms with Gasteiger partial charge in [0.25, 0.3) is 0 Å². The Labute approximate surface area is 306 Å². The van der Waals surface area contributed by atoms with E-state index in [0.717, 1.165) is 39.6 Å². The van der Waals surface area contributed by atoms with Gasteiger partial charge >= 0.3 is 59.1 Å². The van der Waals surface area contributed by atoms with Crippen molar-refractivity contribution in [3.8, 4) is 0 Å². The van der Waals surface area contributed by atoms with E-state index in [0.29, 0.717) is 21.9 Å². The number of nitrogens with zero attached hydrogens (tertiary/aromatic N) is 3. The van der Waals surface area contributed by atoms with Crippen molar-refractivity contribution in [3.63, 3.8) is 0 Å². The number of nitrogens with one attached hydrogen (secondary N) is 3. The van der Waals surface area contributed by atoms with E-state index >= 15 is 0 Å². The van der Waals surface area contributed by atoms with Gasteiger partial charge in [0, 0.05) is 22.0 Å². The molecule has 216 valence electrons. The van der Waals surface area contributed by atoms with Gasteiger partial charge in [0.15, 0.2) is 0 Å². The van der Waals surface area contributed by atoms with Crippen molar-refractivity contribution in [1.82, 2.24) is 15.0 Å². The molecule has 0 saturated carbocycles. The van der Waals surface area contributed by atoms with Crippen molar-refractivity contribution in [1.29, 1.82) is 0 Å². The van der Waals surface area contributed by atoms with Gasteiger partial charge in [-0.05, 0) is 82.2 Å². The molecule has 0 atom stereocenters. The molecule has 0 aliphatic rings. The van der Waals surface area contributed by atoms with Crippen molar-refractivity contribution < 1.29 is 86.7 Å². The summed E-state index contributed by atoms with van der Waals surface area (Å²) >= 11 is 0.821. The van der Waals surface area contributed by atoms with E-state index in [4.69, 9.17) is 0 Å². The quantitative estimate of drug-likeness (QED) is 0.0569. The maximum absolute atomic E-state index is 11.4. The minimum Gasteiger partial charge on any atom is -0.744 e. The molecule has 0 spiro atoms. The zero-order chi connectivity index (χ0) is 29.8. The summed E-state index contributed by atoms with van der Waals surface area (Å²) in [6.45, 7) is 0. The molecule has 5 aromatic carbocycles. The fraction of sp³-hybridized carbons (Fsp3) is 0. The monoisotopic (exact) mass is 658 g/mol. The molecule has 0 radical (unpaired) electrons. The van der Waals surface area contributed by atoms with Crippen LogP contribution in [0.5, 0.6) is 0 Å². The third-order valence-electron chi connectivity index (χ3n) is 6.25. The summed E-state index contributed by atoms with van der Waals surface area (Å²) in [7, 11) is -4.56. The molecule has 1 aromatic heterocycles. The van der Waals surface area contributed by atoms with E-state index in [9.17, 15) is 18.2 Å². The zero-order valence-electron chi connectivity index (χ0n) is 23.9. The Balaban J connectivity index is 0.00000230. The van der Waals surface area contributed by atoms with Crippen LogP contribution < -0.4 is 80.3 Å². The molecule has 0 unspecified atom stereocenters. The smallest absolute Gasteiger partial charge is 0.744 e. The maximum atomic E-state index is 11.4. The van der Waals surface area contributed by atoms with Crippen LogP contribution in [-0.4, -0.2) is 27.9 Å². The zero-order valence-corrected chi connectivity index (χ0v) is 29.6. The molecule has 12 nitrogen and oxygen atoms in total. The Hall–Kier alpha value is -2.83. The standard InChI is InChI=1S/C29H22N6O6S2.2Na/c36-40-41-42-25-12-8-18-14-23(10-6-20(18)16-25)31-28-33-27(30-22-4-2-1-3-5-22)34-29(35-28)32-24-11-7-21-17-26(43(37,38)39)13-9-19(21)15-24;;/h1-17,36H,(H,37,38,39)(H3,30,31,32,33,34,35);;/q;2*+1/p-2. The van der Waals surface area contributed by atoms with Gasteiger partial charge in [-0.1, -0.05) is 42.5 Å². The van der Waals surface area contributed by atoms with Crippen LogP contribution in [-0.2, 0) is 19.5 Å². The third kappa shape index (κ3) is 9.13. The number of benzene rings is 5. The first-order chi connectivity index (χ1) is 20.8. The molecule has 0 fully saturated rings. The molecule has 1 heterocycles. The molecular formula is C29H20N6Na2O6S2. The summed E-state index contributed by atoms with van der Waals surface area (Å²) in [5.41, 5.74) is 2.15. The van der Waals surface area contributed by atoms with Crippen LogP contribution in [0.15, 0.2) is 113 Å². The Morgan fingerprint density at radius 1 is 0.600 bits per heavy atom. The minimum absolute atomic E-state index is 0. The Morgan fingerprint density at radius 2 is 1.09 bits per heavy atom. The van der Waals surface area contributed by atoms with Gasteiger partial charge in [-0.2, -0.15) is 19.3 Å². The number of hydrogen-bond donors (Lipinski definition) is 3. The van der Waals surface area contributed by atoms with Gasteiger partial charge in [0.2, 0.25) is 17.8 Å². The fourth-order valence-corrected chi connectivity index (χ4v) is 5.23. The van der Waals surface area contributed by atoms with E-state index in [-0.39, 0.29) is 75.9 Å². The van der Waals surface area contributed by atoms with Gasteiger partial charge in [-0.3, -0.25) is 5.04 Å². The average molecular weight is 659 g/mol. The summed E-state index contributed by atoms with van der Waals surface area (Å²) in [4.78, 5) is 14.0. The molecule has 6 aromatic rings. The molecule has 0 aliphatic heterocycles. The van der Waals surface area contributed by atoms with Crippen molar-refractivity contribution >= 4 is 78.6 Å². The number of fused-ring (bicyclic) bond motifs is 2. The van der Waals surface area contributed by atoms with Crippen molar-refractivity contribution in [3.05, 3.63) is 103 Å². The van der Waals surface area contributed by atoms with E-state index in [1.807, 2.05) is 60.7 Å². The van der Waals surface area contributed by atoms with Crippen LogP contribution in [0.3, 0.4) is 0 Å². The van der Waals surface area contributed by atoms with Crippen LogP contribution >= 0.6 is 12.0 Å². The molecular weight excluding hydrogens is 638 g/mol. The largest absolute Gasteiger partial charge is 1.00 e. The van der Waals surface area contributed by atoms with Crippen LogP contribution in [0.1, 0.15) is 0 Å². The summed E-state index contributed by atoms with van der Waals surface area (Å²) in [5, 5.41) is 26.3. The first-order valence-electron chi connectivity index (χ1n) is 12.6. The Morgan fingerprint density at radius 3 is 1.64 bits per heavy atom. The van der Waals surface area contributed by atoms with Gasteiger partial charge in [-0.25, -0.2) is 8.42 Å². The van der Waals surface area contributed by atoms with Crippen LogP contribution in [0.25, 0.3) is 21.5 Å². The Kier molecular flexibility index (Phi) is 12.2. The molecule has 16 heteroatoms. The molecule has 0 bridgehead atoms. The van der Waals surface area contributed by atoms with Crippen molar-refractivity contribution in [2.45, 2.75) is 9.79 Å². The Bertz CT molecular complexity index is 2060. The van der Waals surface area contributed by atoms with Gasteiger partial charge in [0.1, 0.15) is 10.1 Å². The fourth-order valence-electron chi connectivity index (χ4n) is 4.32. The molecule has 0 aliphatic carbocycles. The van der Waals surface area contributed by atoms with E-state index in [1.165, 1.54) is 12.1 Å². The number of para-hydroxylation sites is 1. The summed E-state index contributed by atoms with van der Waals surface area (Å²) in [6, 6.07) is 30.1. The predicted molar refractivity (Wildman–Crippen MR) is 160 cm³/mol. The number of aromatic nitrogens is 3. The van der Waals surface area contributed by atoms with Crippen LogP contribution in [0.4, 0.5) is 34.9 Å². The number of rotatable bonds is 10. The average Bonchev–Trinajstić information content (AvgIpc) is 2.99. The predicted octanol–water partition coefficient (Wildman–Crippen LogP) is -0.448. The van der Waals surface area contributed by atoms with Crippen molar-refractivity contribution in [2.75, 3.05) is 16.0 Å². The maximum Gasteiger partial charge on any atom is 1.00 e. The van der Waals surface area contributed by atoms with Gasteiger partial charge in [0.05, 0.1) is 16.9 Å². The third-order valence-corrected chi connectivity index (χ3v) is 7.65. The molecule has 45 heavy (non-hydrogen) atoms. The van der Waals surface area contributed by atoms with Crippen molar-refractivity contribution in [2.24, 2.45) is 0 Å². The minimum atomic E-state index is -4.56. The molecule has 0 saturated heterocycles. The summed E-state index contributed by atoms with van der Waals surface area (Å²) in [6.07, 6.45) is 0. The second-order valence-corrected chi connectivity index (χ2v) is 11.3. The van der Waals surface area contributed by atoms with E-state index < -0.39 is 10.1 Å². The summed E-state index contributed by atoms with van der Waals surface area (Å²) < 4.78 is 38.6. The van der Waals surface area contributed by atoms with E-state index in [2.05, 4.69) is 40.3 Å². The summed E-state index contributed by atoms with van der Waals surface area (Å²) in [5.74, 6) is 0.812. The van der Waals surface area contributed by atoms with Gasteiger partial charge in [-0.15, -0.1) is 0 Å². The number of hydrogen-bond acceptors (Lipinski definition) is 13. The second-order valence-electron chi connectivity index (χ2n) is 9.17. The van der Waals surface area contributed by atoms with Gasteiger partial charge < -0.3 is 25.8 Å². The van der Waals surface area contributed by atoms with E-state index in [1.54, 1.807) is 30.3 Å². The second kappa shape index (κ2) is 15.6.